The Morgan fingerprint density at radius 1 is 1.53 bits per heavy atom. The summed E-state index contributed by atoms with van der Waals surface area (Å²) < 4.78 is 5.25. The van der Waals surface area contributed by atoms with Gasteiger partial charge in [0, 0.05) is 31.2 Å². The summed E-state index contributed by atoms with van der Waals surface area (Å²) in [4.78, 5) is 13.9. The zero-order chi connectivity index (χ0) is 13.7. The Morgan fingerprint density at radius 3 is 3.00 bits per heavy atom. The molecular weight excluding hydrogens is 242 g/mol. The second-order valence-electron chi connectivity index (χ2n) is 4.87. The van der Waals surface area contributed by atoms with Gasteiger partial charge >= 0.3 is 0 Å². The highest BCUT2D eigenvalue weighted by molar-refractivity contribution is 5.78. The van der Waals surface area contributed by atoms with Crippen LogP contribution in [-0.4, -0.2) is 43.6 Å². The lowest BCUT2D eigenvalue weighted by molar-refractivity contribution is -0.122. The quantitative estimate of drug-likeness (QED) is 0.804. The number of hydrogen-bond acceptors (Lipinski definition) is 4. The summed E-state index contributed by atoms with van der Waals surface area (Å²) in [6.45, 7) is 2.62. The largest absolute Gasteiger partial charge is 0.496 e. The average Bonchev–Trinajstić information content (AvgIpc) is 2.82. The van der Waals surface area contributed by atoms with Crippen LogP contribution >= 0.6 is 0 Å². The molecule has 5 heteroatoms. The van der Waals surface area contributed by atoms with Crippen molar-refractivity contribution >= 4 is 5.91 Å². The van der Waals surface area contributed by atoms with Crippen LogP contribution in [-0.2, 0) is 11.3 Å². The van der Waals surface area contributed by atoms with Gasteiger partial charge in [0.2, 0.25) is 5.91 Å². The summed E-state index contributed by atoms with van der Waals surface area (Å²) in [7, 11) is 1.63. The van der Waals surface area contributed by atoms with Crippen molar-refractivity contribution in [3.8, 4) is 5.75 Å². The van der Waals surface area contributed by atoms with E-state index in [-0.39, 0.29) is 11.9 Å². The van der Waals surface area contributed by atoms with Crippen molar-refractivity contribution in [1.29, 1.82) is 0 Å². The maximum absolute atomic E-state index is 11.8. The van der Waals surface area contributed by atoms with Crippen molar-refractivity contribution < 1.29 is 9.53 Å². The minimum Gasteiger partial charge on any atom is -0.496 e. The molecule has 104 valence electrons. The summed E-state index contributed by atoms with van der Waals surface area (Å²) in [5.74, 6) is 0.825. The van der Waals surface area contributed by atoms with Crippen molar-refractivity contribution in [3.63, 3.8) is 0 Å². The average molecular weight is 263 g/mol. The minimum atomic E-state index is 0.0278. The highest BCUT2D eigenvalue weighted by Crippen LogP contribution is 2.16. The third kappa shape index (κ3) is 3.94. The predicted molar refractivity (Wildman–Crippen MR) is 73.9 cm³/mol. The van der Waals surface area contributed by atoms with Gasteiger partial charge in [-0.3, -0.25) is 9.69 Å². The Hall–Kier alpha value is -1.59. The van der Waals surface area contributed by atoms with Crippen LogP contribution in [0.25, 0.3) is 0 Å². The molecule has 5 nitrogen and oxygen atoms in total. The summed E-state index contributed by atoms with van der Waals surface area (Å²) >= 11 is 0. The zero-order valence-corrected chi connectivity index (χ0v) is 11.3. The van der Waals surface area contributed by atoms with E-state index in [1.807, 2.05) is 24.3 Å². The van der Waals surface area contributed by atoms with Gasteiger partial charge in [-0.15, -0.1) is 0 Å². The fourth-order valence-electron chi connectivity index (χ4n) is 2.31. The molecule has 1 aromatic rings. The van der Waals surface area contributed by atoms with Gasteiger partial charge in [-0.2, -0.15) is 0 Å². The molecule has 1 amide bonds. The molecule has 0 saturated carbocycles. The lowest BCUT2D eigenvalue weighted by Gasteiger charge is -2.15. The van der Waals surface area contributed by atoms with Gasteiger partial charge < -0.3 is 15.8 Å². The zero-order valence-electron chi connectivity index (χ0n) is 11.3. The normalized spacial score (nSPS) is 19.4. The van der Waals surface area contributed by atoms with E-state index in [1.54, 1.807) is 7.11 Å². The molecule has 0 bridgehead atoms. The topological polar surface area (TPSA) is 67.6 Å². The van der Waals surface area contributed by atoms with E-state index in [4.69, 9.17) is 10.5 Å². The maximum Gasteiger partial charge on any atom is 0.234 e. The lowest BCUT2D eigenvalue weighted by atomic mass is 10.2. The fraction of sp³-hybridized carbons (Fsp3) is 0.500. The van der Waals surface area contributed by atoms with E-state index in [2.05, 4.69) is 10.2 Å². The third-order valence-corrected chi connectivity index (χ3v) is 3.34. The molecule has 0 unspecified atom stereocenters. The summed E-state index contributed by atoms with van der Waals surface area (Å²) in [5.41, 5.74) is 6.80. The number of amides is 1. The van der Waals surface area contributed by atoms with Crippen LogP contribution in [0.3, 0.4) is 0 Å². The van der Waals surface area contributed by atoms with Crippen LogP contribution in [0.2, 0.25) is 0 Å². The van der Waals surface area contributed by atoms with Crippen LogP contribution < -0.4 is 15.8 Å². The predicted octanol–water partition coefficient (Wildman–Crippen LogP) is 0.344. The summed E-state index contributed by atoms with van der Waals surface area (Å²) in [6, 6.07) is 7.90. The number of nitrogens with zero attached hydrogens (tertiary/aromatic N) is 1. The van der Waals surface area contributed by atoms with E-state index in [0.29, 0.717) is 13.1 Å². The number of carbonyl (C=O) groups excluding carboxylic acids is 1. The first-order valence-electron chi connectivity index (χ1n) is 6.55. The number of nitrogens with one attached hydrogen (secondary N) is 1. The Balaban J connectivity index is 1.80. The molecule has 0 aromatic heterocycles. The van der Waals surface area contributed by atoms with Crippen molar-refractivity contribution in [2.75, 3.05) is 26.7 Å². The van der Waals surface area contributed by atoms with E-state index in [0.717, 1.165) is 30.8 Å². The highest BCUT2D eigenvalue weighted by atomic mass is 16.5. The van der Waals surface area contributed by atoms with E-state index < -0.39 is 0 Å². The molecule has 1 heterocycles. The number of rotatable bonds is 5. The van der Waals surface area contributed by atoms with E-state index in [9.17, 15) is 4.79 Å². The number of ether oxygens (including phenoxy) is 1. The number of hydrogen-bond donors (Lipinski definition) is 2. The number of methoxy groups -OCH3 is 1. The smallest absolute Gasteiger partial charge is 0.234 e. The lowest BCUT2D eigenvalue weighted by Crippen LogP contribution is -2.37. The molecule has 1 aromatic carbocycles. The Kier molecular flexibility index (Phi) is 4.76. The fourth-order valence-corrected chi connectivity index (χ4v) is 2.31. The van der Waals surface area contributed by atoms with Crippen molar-refractivity contribution in [2.45, 2.75) is 19.0 Å². The molecule has 1 atom stereocenters. The molecule has 1 aliphatic heterocycles. The molecule has 1 aliphatic rings. The number of benzene rings is 1. The highest BCUT2D eigenvalue weighted by Gasteiger charge is 2.20. The van der Waals surface area contributed by atoms with Crippen molar-refractivity contribution in [2.24, 2.45) is 5.73 Å². The molecule has 1 saturated heterocycles. The summed E-state index contributed by atoms with van der Waals surface area (Å²) in [6.07, 6.45) is 0.972. The number of nitrogens with two attached hydrogens (primary N) is 1. The van der Waals surface area contributed by atoms with Gasteiger partial charge in [-0.05, 0) is 12.5 Å². The van der Waals surface area contributed by atoms with Gasteiger partial charge in [-0.1, -0.05) is 18.2 Å². The van der Waals surface area contributed by atoms with Gasteiger partial charge in [0.1, 0.15) is 5.75 Å². The monoisotopic (exact) mass is 263 g/mol. The molecule has 2 rings (SSSR count). The standard InChI is InChI=1S/C14H21N3O2/c1-19-13-5-3-2-4-11(13)8-16-14(18)10-17-7-6-12(15)9-17/h2-5,12H,6-10,15H2,1H3,(H,16,18)/t12-/m0/s1. The van der Waals surface area contributed by atoms with Crippen molar-refractivity contribution in [3.05, 3.63) is 29.8 Å². The third-order valence-electron chi connectivity index (χ3n) is 3.34. The Morgan fingerprint density at radius 2 is 2.32 bits per heavy atom. The molecule has 0 radical (unpaired) electrons. The maximum atomic E-state index is 11.8. The number of para-hydroxylation sites is 1. The molecular formula is C14H21N3O2. The van der Waals surface area contributed by atoms with Crippen LogP contribution in [0.4, 0.5) is 0 Å². The first-order chi connectivity index (χ1) is 9.19. The van der Waals surface area contributed by atoms with Crippen LogP contribution in [0.5, 0.6) is 5.75 Å². The van der Waals surface area contributed by atoms with E-state index >= 15 is 0 Å². The van der Waals surface area contributed by atoms with Gasteiger partial charge in [0.05, 0.1) is 13.7 Å². The van der Waals surface area contributed by atoms with Gasteiger partial charge in [0.25, 0.3) is 0 Å². The first-order valence-corrected chi connectivity index (χ1v) is 6.55. The van der Waals surface area contributed by atoms with Crippen LogP contribution in [0.1, 0.15) is 12.0 Å². The second kappa shape index (κ2) is 6.54. The number of likely N-dealkylation sites (tertiary alicyclic amines) is 1. The van der Waals surface area contributed by atoms with Crippen LogP contribution in [0.15, 0.2) is 24.3 Å². The second-order valence-corrected chi connectivity index (χ2v) is 4.87. The number of carbonyl (C=O) groups is 1. The molecule has 0 spiro atoms. The minimum absolute atomic E-state index is 0.0278. The Labute approximate surface area is 113 Å². The SMILES string of the molecule is COc1ccccc1CNC(=O)CN1CC[C@H](N)C1. The van der Waals surface area contributed by atoms with E-state index in [1.165, 1.54) is 0 Å². The Bertz CT molecular complexity index is 436. The summed E-state index contributed by atoms with van der Waals surface area (Å²) in [5, 5.41) is 2.91. The molecule has 0 aliphatic carbocycles. The van der Waals surface area contributed by atoms with Crippen LogP contribution in [0, 0.1) is 0 Å². The first kappa shape index (κ1) is 13.8. The molecule has 19 heavy (non-hydrogen) atoms. The molecule has 1 fully saturated rings. The van der Waals surface area contributed by atoms with Gasteiger partial charge in [0.15, 0.2) is 0 Å². The van der Waals surface area contributed by atoms with Gasteiger partial charge in [-0.25, -0.2) is 0 Å². The molecule has 3 N–H and O–H groups in total. The van der Waals surface area contributed by atoms with Crippen molar-refractivity contribution in [1.82, 2.24) is 10.2 Å².